The van der Waals surface area contributed by atoms with Gasteiger partial charge in [0.25, 0.3) is 0 Å². The molecule has 2 aromatic heterocycles. The van der Waals surface area contributed by atoms with Gasteiger partial charge in [-0.15, -0.1) is 0 Å². The number of H-pyrrole nitrogens is 1. The van der Waals surface area contributed by atoms with Gasteiger partial charge in [-0.25, -0.2) is 4.98 Å². The van der Waals surface area contributed by atoms with Gasteiger partial charge in [0.1, 0.15) is 0 Å². The van der Waals surface area contributed by atoms with Crippen LogP contribution < -0.4 is 0 Å². The number of aromatic amines is 1. The Balaban J connectivity index is 1.78. The summed E-state index contributed by atoms with van der Waals surface area (Å²) in [5, 5.41) is 16.7. The second-order valence-corrected chi connectivity index (χ2v) is 6.86. The molecule has 4 aromatic rings. The van der Waals surface area contributed by atoms with Gasteiger partial charge in [-0.2, -0.15) is 10.4 Å². The number of benzene rings is 2. The molecule has 0 aliphatic heterocycles. The number of aromatic nitrogens is 4. The van der Waals surface area contributed by atoms with Crippen LogP contribution in [0.25, 0.3) is 22.5 Å². The molecule has 138 valence electrons. The van der Waals surface area contributed by atoms with E-state index in [0.29, 0.717) is 5.56 Å². The van der Waals surface area contributed by atoms with Crippen LogP contribution in [0.3, 0.4) is 0 Å². The summed E-state index contributed by atoms with van der Waals surface area (Å²) in [5.41, 5.74) is 8.05. The van der Waals surface area contributed by atoms with Crippen LogP contribution in [0.5, 0.6) is 0 Å². The third kappa shape index (κ3) is 3.33. The van der Waals surface area contributed by atoms with E-state index in [1.807, 2.05) is 55.7 Å². The van der Waals surface area contributed by atoms with E-state index in [9.17, 15) is 5.26 Å². The van der Waals surface area contributed by atoms with Crippen molar-refractivity contribution >= 4 is 0 Å². The number of nitrogens with one attached hydrogen (secondary N) is 1. The maximum atomic E-state index is 9.32. The molecule has 0 aliphatic carbocycles. The van der Waals surface area contributed by atoms with Crippen molar-refractivity contribution in [2.45, 2.75) is 26.8 Å². The number of aryl methyl sites for hydroxylation is 3. The van der Waals surface area contributed by atoms with E-state index in [0.717, 1.165) is 46.9 Å². The molecule has 1 N–H and O–H groups in total. The molecule has 5 nitrogen and oxygen atoms in total. The highest BCUT2D eigenvalue weighted by Crippen LogP contribution is 2.32. The maximum absolute atomic E-state index is 9.32. The smallest absolute Gasteiger partial charge is 0.0991 e. The molecule has 0 amide bonds. The molecule has 0 radical (unpaired) electrons. The fourth-order valence-electron chi connectivity index (χ4n) is 3.57. The SMILES string of the molecule is Cc1n[nH]c(C)c1CCn1cnc(-c2ccccc2)c1-c1cccc(C#N)c1. The Kier molecular flexibility index (Phi) is 4.77. The second-order valence-electron chi connectivity index (χ2n) is 6.86. The third-order valence-corrected chi connectivity index (χ3v) is 5.03. The Hall–Kier alpha value is -3.65. The lowest BCUT2D eigenvalue weighted by Gasteiger charge is -2.11. The zero-order chi connectivity index (χ0) is 19.5. The highest BCUT2D eigenvalue weighted by atomic mass is 15.1. The Morgan fingerprint density at radius 3 is 2.54 bits per heavy atom. The normalized spacial score (nSPS) is 10.8. The van der Waals surface area contributed by atoms with Crippen molar-refractivity contribution in [2.75, 3.05) is 0 Å². The number of hydrogen-bond acceptors (Lipinski definition) is 3. The summed E-state index contributed by atoms with van der Waals surface area (Å²) in [4.78, 5) is 4.72. The predicted molar refractivity (Wildman–Crippen MR) is 110 cm³/mol. The molecule has 0 saturated carbocycles. The standard InChI is InChI=1S/C23H21N5/c1-16-21(17(2)27-26-16)11-12-28-15-25-22(19-8-4-3-5-9-19)23(28)20-10-6-7-18(13-20)14-24/h3-10,13,15H,11-12H2,1-2H3,(H,26,27). The van der Waals surface area contributed by atoms with E-state index in [1.54, 1.807) is 0 Å². The molecule has 0 bridgehead atoms. The Bertz CT molecular complexity index is 1130. The number of imidazole rings is 1. The first-order chi connectivity index (χ1) is 13.7. The van der Waals surface area contributed by atoms with Gasteiger partial charge in [0.05, 0.1) is 35.0 Å². The van der Waals surface area contributed by atoms with Crippen molar-refractivity contribution in [1.82, 2.24) is 19.7 Å². The molecule has 0 aliphatic rings. The van der Waals surface area contributed by atoms with E-state index < -0.39 is 0 Å². The van der Waals surface area contributed by atoms with E-state index in [2.05, 4.69) is 39.9 Å². The van der Waals surface area contributed by atoms with Crippen molar-refractivity contribution in [2.24, 2.45) is 0 Å². The van der Waals surface area contributed by atoms with Crippen molar-refractivity contribution in [3.8, 4) is 28.6 Å². The van der Waals surface area contributed by atoms with Crippen LogP contribution in [0.15, 0.2) is 60.9 Å². The number of nitriles is 1. The summed E-state index contributed by atoms with van der Waals surface area (Å²) in [6, 6.07) is 20.1. The van der Waals surface area contributed by atoms with Gasteiger partial charge in [-0.05, 0) is 38.0 Å². The summed E-state index contributed by atoms with van der Waals surface area (Å²) < 4.78 is 2.17. The van der Waals surface area contributed by atoms with Crippen LogP contribution in [0.1, 0.15) is 22.5 Å². The van der Waals surface area contributed by atoms with Crippen LogP contribution >= 0.6 is 0 Å². The first-order valence-corrected chi connectivity index (χ1v) is 9.29. The summed E-state index contributed by atoms with van der Waals surface area (Å²) in [5.74, 6) is 0. The molecule has 0 fully saturated rings. The molecular weight excluding hydrogens is 346 g/mol. The molecule has 4 rings (SSSR count). The van der Waals surface area contributed by atoms with Crippen molar-refractivity contribution < 1.29 is 0 Å². The van der Waals surface area contributed by atoms with Gasteiger partial charge in [0.2, 0.25) is 0 Å². The number of hydrogen-bond donors (Lipinski definition) is 1. The Labute approximate surface area is 164 Å². The van der Waals surface area contributed by atoms with Crippen LogP contribution in [-0.4, -0.2) is 19.7 Å². The zero-order valence-corrected chi connectivity index (χ0v) is 16.0. The quantitative estimate of drug-likeness (QED) is 0.557. The molecule has 0 atom stereocenters. The van der Waals surface area contributed by atoms with E-state index in [1.165, 1.54) is 5.56 Å². The lowest BCUT2D eigenvalue weighted by molar-refractivity contribution is 0.697. The monoisotopic (exact) mass is 367 g/mol. The van der Waals surface area contributed by atoms with Crippen molar-refractivity contribution in [3.05, 3.63) is 83.4 Å². The van der Waals surface area contributed by atoms with Gasteiger partial charge in [-0.3, -0.25) is 5.10 Å². The molecule has 0 saturated heterocycles. The minimum atomic E-state index is 0.644. The fraction of sp³-hybridized carbons (Fsp3) is 0.174. The summed E-state index contributed by atoms with van der Waals surface area (Å²) in [6.07, 6.45) is 2.76. The zero-order valence-electron chi connectivity index (χ0n) is 16.0. The molecule has 28 heavy (non-hydrogen) atoms. The van der Waals surface area contributed by atoms with Crippen LogP contribution in [0.4, 0.5) is 0 Å². The first kappa shape index (κ1) is 17.7. The van der Waals surface area contributed by atoms with Crippen molar-refractivity contribution in [1.29, 1.82) is 5.26 Å². The predicted octanol–water partition coefficient (Wildman–Crippen LogP) is 4.67. The van der Waals surface area contributed by atoms with Gasteiger partial charge >= 0.3 is 0 Å². The highest BCUT2D eigenvalue weighted by molar-refractivity contribution is 5.79. The summed E-state index contributed by atoms with van der Waals surface area (Å²) >= 11 is 0. The molecule has 2 aromatic carbocycles. The Morgan fingerprint density at radius 1 is 1.04 bits per heavy atom. The molecule has 0 spiro atoms. The van der Waals surface area contributed by atoms with E-state index in [4.69, 9.17) is 4.98 Å². The van der Waals surface area contributed by atoms with Crippen LogP contribution in [0, 0.1) is 25.2 Å². The molecular formula is C23H21N5. The van der Waals surface area contributed by atoms with Crippen molar-refractivity contribution in [3.63, 3.8) is 0 Å². The maximum Gasteiger partial charge on any atom is 0.0991 e. The lowest BCUT2D eigenvalue weighted by Crippen LogP contribution is -2.04. The van der Waals surface area contributed by atoms with Gasteiger partial charge in [-0.1, -0.05) is 42.5 Å². The third-order valence-electron chi connectivity index (χ3n) is 5.03. The molecule has 0 unspecified atom stereocenters. The summed E-state index contributed by atoms with van der Waals surface area (Å²) in [7, 11) is 0. The van der Waals surface area contributed by atoms with Gasteiger partial charge in [0, 0.05) is 23.4 Å². The highest BCUT2D eigenvalue weighted by Gasteiger charge is 2.16. The van der Waals surface area contributed by atoms with Gasteiger partial charge in [0.15, 0.2) is 0 Å². The average molecular weight is 367 g/mol. The van der Waals surface area contributed by atoms with Crippen LogP contribution in [-0.2, 0) is 13.0 Å². The topological polar surface area (TPSA) is 70.3 Å². The summed E-state index contributed by atoms with van der Waals surface area (Å²) in [6.45, 7) is 4.86. The Morgan fingerprint density at radius 2 is 1.82 bits per heavy atom. The first-order valence-electron chi connectivity index (χ1n) is 9.29. The van der Waals surface area contributed by atoms with Gasteiger partial charge < -0.3 is 4.57 Å². The second kappa shape index (κ2) is 7.53. The fourth-order valence-corrected chi connectivity index (χ4v) is 3.57. The minimum Gasteiger partial charge on any atom is -0.330 e. The average Bonchev–Trinajstić information content (AvgIpc) is 3.30. The number of rotatable bonds is 5. The molecule has 2 heterocycles. The van der Waals surface area contributed by atoms with E-state index >= 15 is 0 Å². The van der Waals surface area contributed by atoms with E-state index in [-0.39, 0.29) is 0 Å². The molecule has 5 heteroatoms. The lowest BCUT2D eigenvalue weighted by atomic mass is 10.0. The minimum absolute atomic E-state index is 0.644. The number of nitrogens with zero attached hydrogens (tertiary/aromatic N) is 4. The van der Waals surface area contributed by atoms with Crippen LogP contribution in [0.2, 0.25) is 0 Å². The largest absolute Gasteiger partial charge is 0.330 e.